The first-order valence-electron chi connectivity index (χ1n) is 8.39. The number of benzene rings is 2. The number of hydrogen-bond donors (Lipinski definition) is 2. The second-order valence-corrected chi connectivity index (χ2v) is 6.12. The SMILES string of the molecule is COCC(=O)Nc1ccc(NC(=O)COc2ccc(C(C)C)cc2)cc1. The molecule has 0 radical (unpaired) electrons. The minimum absolute atomic E-state index is 0.00598. The Balaban J connectivity index is 1.81. The summed E-state index contributed by atoms with van der Waals surface area (Å²) in [6.07, 6.45) is 0. The molecule has 0 saturated carbocycles. The van der Waals surface area contributed by atoms with Crippen LogP contribution in [0.25, 0.3) is 0 Å². The van der Waals surface area contributed by atoms with E-state index < -0.39 is 0 Å². The Labute approximate surface area is 153 Å². The number of rotatable bonds is 8. The number of hydrogen-bond acceptors (Lipinski definition) is 4. The fourth-order valence-corrected chi connectivity index (χ4v) is 2.26. The summed E-state index contributed by atoms with van der Waals surface area (Å²) in [6.45, 7) is 4.16. The maximum atomic E-state index is 12.0. The lowest BCUT2D eigenvalue weighted by atomic mass is 10.0. The van der Waals surface area contributed by atoms with Gasteiger partial charge in [0.2, 0.25) is 5.91 Å². The molecule has 2 aromatic carbocycles. The third-order valence-corrected chi connectivity index (χ3v) is 3.64. The maximum Gasteiger partial charge on any atom is 0.262 e. The summed E-state index contributed by atoms with van der Waals surface area (Å²) in [5.41, 5.74) is 2.48. The molecule has 0 heterocycles. The number of nitrogens with one attached hydrogen (secondary N) is 2. The van der Waals surface area contributed by atoms with E-state index in [9.17, 15) is 9.59 Å². The van der Waals surface area contributed by atoms with E-state index in [1.165, 1.54) is 12.7 Å². The summed E-state index contributed by atoms with van der Waals surface area (Å²) < 4.78 is 10.2. The molecule has 0 aliphatic carbocycles. The van der Waals surface area contributed by atoms with E-state index in [0.717, 1.165) is 0 Å². The van der Waals surface area contributed by atoms with Gasteiger partial charge in [-0.1, -0.05) is 26.0 Å². The van der Waals surface area contributed by atoms with Gasteiger partial charge in [-0.05, 0) is 47.9 Å². The van der Waals surface area contributed by atoms with Gasteiger partial charge >= 0.3 is 0 Å². The van der Waals surface area contributed by atoms with Gasteiger partial charge < -0.3 is 20.1 Å². The molecule has 2 rings (SSSR count). The van der Waals surface area contributed by atoms with Crippen LogP contribution in [0.4, 0.5) is 11.4 Å². The Kier molecular flexibility index (Phi) is 7.17. The van der Waals surface area contributed by atoms with Crippen LogP contribution in [0.3, 0.4) is 0 Å². The molecule has 2 aromatic rings. The quantitative estimate of drug-likeness (QED) is 0.760. The third kappa shape index (κ3) is 6.22. The van der Waals surface area contributed by atoms with Crippen LogP contribution < -0.4 is 15.4 Å². The number of ether oxygens (including phenoxy) is 2. The fourth-order valence-electron chi connectivity index (χ4n) is 2.26. The Hall–Kier alpha value is -2.86. The fraction of sp³-hybridized carbons (Fsp3) is 0.300. The highest BCUT2D eigenvalue weighted by molar-refractivity contribution is 5.93. The van der Waals surface area contributed by atoms with Crippen molar-refractivity contribution >= 4 is 23.2 Å². The molecule has 0 spiro atoms. The molecule has 0 fully saturated rings. The van der Waals surface area contributed by atoms with Crippen molar-refractivity contribution in [3.8, 4) is 5.75 Å². The van der Waals surface area contributed by atoms with Crippen LogP contribution in [0.5, 0.6) is 5.75 Å². The van der Waals surface area contributed by atoms with Crippen LogP contribution in [0.1, 0.15) is 25.3 Å². The van der Waals surface area contributed by atoms with Gasteiger partial charge in [-0.3, -0.25) is 9.59 Å². The molecule has 2 N–H and O–H groups in total. The van der Waals surface area contributed by atoms with E-state index in [2.05, 4.69) is 24.5 Å². The minimum Gasteiger partial charge on any atom is -0.484 e. The average Bonchev–Trinajstić information content (AvgIpc) is 2.62. The smallest absolute Gasteiger partial charge is 0.262 e. The van der Waals surface area contributed by atoms with Gasteiger partial charge in [0.05, 0.1) is 0 Å². The van der Waals surface area contributed by atoms with E-state index in [-0.39, 0.29) is 25.0 Å². The molecule has 6 nitrogen and oxygen atoms in total. The molecule has 0 aromatic heterocycles. The Morgan fingerprint density at radius 3 is 1.81 bits per heavy atom. The molecule has 0 bridgehead atoms. The molecule has 0 aliphatic rings. The monoisotopic (exact) mass is 356 g/mol. The normalized spacial score (nSPS) is 10.5. The van der Waals surface area contributed by atoms with Crippen molar-refractivity contribution in [2.45, 2.75) is 19.8 Å². The molecule has 0 unspecified atom stereocenters. The first-order valence-corrected chi connectivity index (χ1v) is 8.39. The lowest BCUT2D eigenvalue weighted by molar-refractivity contribution is -0.120. The summed E-state index contributed by atoms with van der Waals surface area (Å²) in [5.74, 6) is 0.616. The summed E-state index contributed by atoms with van der Waals surface area (Å²) >= 11 is 0. The van der Waals surface area contributed by atoms with Crippen molar-refractivity contribution < 1.29 is 19.1 Å². The average molecular weight is 356 g/mol. The van der Waals surface area contributed by atoms with Crippen molar-refractivity contribution in [2.75, 3.05) is 31.0 Å². The highest BCUT2D eigenvalue weighted by Gasteiger charge is 2.06. The van der Waals surface area contributed by atoms with E-state index in [4.69, 9.17) is 9.47 Å². The second-order valence-electron chi connectivity index (χ2n) is 6.12. The summed E-state index contributed by atoms with van der Waals surface area (Å²) in [4.78, 5) is 23.4. The van der Waals surface area contributed by atoms with Crippen LogP contribution in [-0.2, 0) is 14.3 Å². The van der Waals surface area contributed by atoms with E-state index in [0.29, 0.717) is 23.0 Å². The summed E-state index contributed by atoms with van der Waals surface area (Å²) in [6, 6.07) is 14.5. The van der Waals surface area contributed by atoms with Gasteiger partial charge in [0.15, 0.2) is 6.61 Å². The lowest BCUT2D eigenvalue weighted by Crippen LogP contribution is -2.20. The van der Waals surface area contributed by atoms with Gasteiger partial charge in [0.25, 0.3) is 5.91 Å². The number of carbonyl (C=O) groups is 2. The Bertz CT molecular complexity index is 724. The van der Waals surface area contributed by atoms with Crippen molar-refractivity contribution in [1.82, 2.24) is 0 Å². The van der Waals surface area contributed by atoms with Gasteiger partial charge in [0.1, 0.15) is 12.4 Å². The first-order chi connectivity index (χ1) is 12.5. The molecule has 6 heteroatoms. The van der Waals surface area contributed by atoms with Crippen LogP contribution in [-0.4, -0.2) is 32.1 Å². The largest absolute Gasteiger partial charge is 0.484 e. The van der Waals surface area contributed by atoms with Gasteiger partial charge in [0, 0.05) is 18.5 Å². The standard InChI is InChI=1S/C20H24N2O4/c1-14(2)15-4-10-18(11-5-15)26-13-20(24)22-17-8-6-16(7-9-17)21-19(23)12-25-3/h4-11,14H,12-13H2,1-3H3,(H,21,23)(H,22,24). The maximum absolute atomic E-state index is 12.0. The number of methoxy groups -OCH3 is 1. The molecule has 26 heavy (non-hydrogen) atoms. The highest BCUT2D eigenvalue weighted by Crippen LogP contribution is 2.18. The Morgan fingerprint density at radius 1 is 0.846 bits per heavy atom. The van der Waals surface area contributed by atoms with Gasteiger partial charge in [-0.2, -0.15) is 0 Å². The van der Waals surface area contributed by atoms with Crippen molar-refractivity contribution in [3.05, 3.63) is 54.1 Å². The molecule has 0 saturated heterocycles. The summed E-state index contributed by atoms with van der Waals surface area (Å²) in [5, 5.41) is 5.43. The number of amides is 2. The molecule has 0 atom stereocenters. The molecular weight excluding hydrogens is 332 g/mol. The van der Waals surface area contributed by atoms with Crippen LogP contribution in [0.15, 0.2) is 48.5 Å². The molecular formula is C20H24N2O4. The summed E-state index contributed by atoms with van der Waals surface area (Å²) in [7, 11) is 1.46. The predicted molar refractivity (Wildman–Crippen MR) is 102 cm³/mol. The zero-order valence-corrected chi connectivity index (χ0v) is 15.2. The van der Waals surface area contributed by atoms with E-state index in [1.54, 1.807) is 24.3 Å². The molecule has 0 aliphatic heterocycles. The highest BCUT2D eigenvalue weighted by atomic mass is 16.5. The van der Waals surface area contributed by atoms with Crippen molar-refractivity contribution in [3.63, 3.8) is 0 Å². The van der Waals surface area contributed by atoms with Crippen LogP contribution >= 0.6 is 0 Å². The van der Waals surface area contributed by atoms with Crippen LogP contribution in [0, 0.1) is 0 Å². The third-order valence-electron chi connectivity index (χ3n) is 3.64. The lowest BCUT2D eigenvalue weighted by Gasteiger charge is -2.10. The van der Waals surface area contributed by atoms with Crippen molar-refractivity contribution in [1.29, 1.82) is 0 Å². The number of anilines is 2. The Morgan fingerprint density at radius 2 is 1.35 bits per heavy atom. The molecule has 138 valence electrons. The zero-order valence-electron chi connectivity index (χ0n) is 15.2. The predicted octanol–water partition coefficient (Wildman–Crippen LogP) is 3.41. The first kappa shape index (κ1) is 19.5. The van der Waals surface area contributed by atoms with Crippen molar-refractivity contribution in [2.24, 2.45) is 0 Å². The number of carbonyl (C=O) groups excluding carboxylic acids is 2. The second kappa shape index (κ2) is 9.58. The minimum atomic E-state index is -0.255. The van der Waals surface area contributed by atoms with E-state index in [1.807, 2.05) is 24.3 Å². The zero-order chi connectivity index (χ0) is 18.9. The van der Waals surface area contributed by atoms with Gasteiger partial charge in [-0.15, -0.1) is 0 Å². The van der Waals surface area contributed by atoms with Gasteiger partial charge in [-0.25, -0.2) is 0 Å². The molecule has 2 amide bonds. The van der Waals surface area contributed by atoms with Crippen LogP contribution in [0.2, 0.25) is 0 Å². The topological polar surface area (TPSA) is 76.7 Å². The van der Waals surface area contributed by atoms with E-state index >= 15 is 0 Å².